The number of piperazine rings is 1. The van der Waals surface area contributed by atoms with Crippen LogP contribution in [0.5, 0.6) is 0 Å². The molecule has 0 atom stereocenters. The first-order valence-electron chi connectivity index (χ1n) is 7.10. The van der Waals surface area contributed by atoms with Crippen LogP contribution in [0.1, 0.15) is 17.2 Å². The molecule has 1 aliphatic rings. The zero-order valence-corrected chi connectivity index (χ0v) is 13.7. The number of nitrogens with one attached hydrogen (secondary N) is 2. The zero-order valence-electron chi connectivity index (χ0n) is 11.6. The Balaban J connectivity index is 0.00000147. The number of rotatable bonds is 3. The number of halogens is 1. The smallest absolute Gasteiger partial charge is 0.139 e. The summed E-state index contributed by atoms with van der Waals surface area (Å²) in [7, 11) is 0. The minimum absolute atomic E-state index is 0. The fourth-order valence-corrected chi connectivity index (χ4v) is 2.99. The van der Waals surface area contributed by atoms with Gasteiger partial charge < -0.3 is 34.2 Å². The summed E-state index contributed by atoms with van der Waals surface area (Å²) in [6.45, 7) is 4.61. The Morgan fingerprint density at radius 1 is 0.750 bits per heavy atom. The van der Waals surface area contributed by atoms with Crippen LogP contribution < -0.4 is 34.2 Å². The van der Waals surface area contributed by atoms with Crippen molar-refractivity contribution >= 4 is 0 Å². The molecule has 2 N–H and O–H groups in total. The summed E-state index contributed by atoms with van der Waals surface area (Å²) < 4.78 is 0. The molecule has 0 saturated carbocycles. The van der Waals surface area contributed by atoms with Crippen molar-refractivity contribution in [3.8, 4) is 0 Å². The van der Waals surface area contributed by atoms with Gasteiger partial charge in [0.1, 0.15) is 6.04 Å². The highest BCUT2D eigenvalue weighted by atomic mass is 127. The summed E-state index contributed by atoms with van der Waals surface area (Å²) in [6, 6.07) is 22.3. The third-order valence-corrected chi connectivity index (χ3v) is 3.92. The van der Waals surface area contributed by atoms with Crippen LogP contribution in [0.25, 0.3) is 0 Å². The Labute approximate surface area is 138 Å². The van der Waals surface area contributed by atoms with Gasteiger partial charge in [-0.15, -0.1) is 0 Å². The molecular weight excluding hydrogens is 359 g/mol. The molecule has 2 nitrogen and oxygen atoms in total. The fraction of sp³-hybridized carbons (Fsp3) is 0.294. The third-order valence-electron chi connectivity index (χ3n) is 3.92. The Hall–Kier alpha value is -0.910. The van der Waals surface area contributed by atoms with E-state index in [1.54, 1.807) is 4.90 Å². The van der Waals surface area contributed by atoms with Crippen LogP contribution in [0, 0.1) is 0 Å². The van der Waals surface area contributed by atoms with Crippen LogP contribution >= 0.6 is 0 Å². The fourth-order valence-electron chi connectivity index (χ4n) is 2.99. The van der Waals surface area contributed by atoms with Crippen LogP contribution in [-0.4, -0.2) is 26.2 Å². The Kier molecular flexibility index (Phi) is 6.01. The monoisotopic (exact) mass is 380 g/mol. The molecule has 20 heavy (non-hydrogen) atoms. The third kappa shape index (κ3) is 3.59. The molecule has 0 radical (unpaired) electrons. The van der Waals surface area contributed by atoms with Crippen molar-refractivity contribution in [2.24, 2.45) is 0 Å². The SMILES string of the molecule is [I-].c1ccc(C(c2ccccc2)[NH+]2CCNCC2)cc1. The summed E-state index contributed by atoms with van der Waals surface area (Å²) in [6.07, 6.45) is 0. The highest BCUT2D eigenvalue weighted by Gasteiger charge is 2.26. The van der Waals surface area contributed by atoms with Gasteiger partial charge in [0.15, 0.2) is 0 Å². The molecule has 0 amide bonds. The topological polar surface area (TPSA) is 16.5 Å². The lowest BCUT2D eigenvalue weighted by Gasteiger charge is -2.32. The minimum atomic E-state index is 0. The van der Waals surface area contributed by atoms with E-state index in [-0.39, 0.29) is 24.0 Å². The van der Waals surface area contributed by atoms with E-state index in [0.29, 0.717) is 6.04 Å². The van der Waals surface area contributed by atoms with Gasteiger partial charge in [-0.2, -0.15) is 0 Å². The van der Waals surface area contributed by atoms with E-state index in [2.05, 4.69) is 66.0 Å². The largest absolute Gasteiger partial charge is 1.00 e. The van der Waals surface area contributed by atoms with Gasteiger partial charge >= 0.3 is 0 Å². The second-order valence-corrected chi connectivity index (χ2v) is 5.16. The Bertz CT molecular complexity index is 455. The first-order chi connectivity index (χ1) is 9.45. The predicted octanol–water partition coefficient (Wildman–Crippen LogP) is -1.73. The normalized spacial score (nSPS) is 15.8. The Morgan fingerprint density at radius 3 is 1.65 bits per heavy atom. The van der Waals surface area contributed by atoms with Gasteiger partial charge in [-0.05, 0) is 0 Å². The van der Waals surface area contributed by atoms with E-state index >= 15 is 0 Å². The molecule has 1 saturated heterocycles. The molecule has 3 heteroatoms. The van der Waals surface area contributed by atoms with Crippen LogP contribution in [0.4, 0.5) is 0 Å². The van der Waals surface area contributed by atoms with Crippen molar-refractivity contribution in [3.05, 3.63) is 71.8 Å². The maximum atomic E-state index is 3.45. The summed E-state index contributed by atoms with van der Waals surface area (Å²) >= 11 is 0. The predicted molar refractivity (Wildman–Crippen MR) is 78.3 cm³/mol. The molecule has 2 aromatic rings. The number of benzene rings is 2. The highest BCUT2D eigenvalue weighted by molar-refractivity contribution is 5.29. The van der Waals surface area contributed by atoms with E-state index < -0.39 is 0 Å². The average Bonchev–Trinajstić information content (AvgIpc) is 2.51. The van der Waals surface area contributed by atoms with Gasteiger partial charge in [0.05, 0.1) is 13.1 Å². The summed E-state index contributed by atoms with van der Waals surface area (Å²) in [5.41, 5.74) is 2.84. The lowest BCUT2D eigenvalue weighted by Crippen LogP contribution is -3.15. The van der Waals surface area contributed by atoms with Gasteiger partial charge in [0, 0.05) is 24.2 Å². The highest BCUT2D eigenvalue weighted by Crippen LogP contribution is 2.18. The molecule has 0 bridgehead atoms. The molecule has 106 valence electrons. The number of hydrogen-bond acceptors (Lipinski definition) is 1. The average molecular weight is 380 g/mol. The second kappa shape index (κ2) is 7.76. The standard InChI is InChI=1S/C17H20N2.HI/c1-3-7-15(8-4-1)17(16-9-5-2-6-10-16)19-13-11-18-12-14-19;/h1-10,17-18H,11-14H2;1H. The van der Waals surface area contributed by atoms with E-state index in [4.69, 9.17) is 0 Å². The van der Waals surface area contributed by atoms with E-state index in [1.807, 2.05) is 0 Å². The van der Waals surface area contributed by atoms with Crippen molar-refractivity contribution in [2.45, 2.75) is 6.04 Å². The van der Waals surface area contributed by atoms with Crippen LogP contribution in [0.15, 0.2) is 60.7 Å². The van der Waals surface area contributed by atoms with Gasteiger partial charge in [0.2, 0.25) is 0 Å². The van der Waals surface area contributed by atoms with Crippen molar-refractivity contribution in [2.75, 3.05) is 26.2 Å². The van der Waals surface area contributed by atoms with E-state index in [1.165, 1.54) is 24.2 Å². The number of hydrogen-bond donors (Lipinski definition) is 2. The molecule has 1 heterocycles. The molecule has 0 aromatic heterocycles. The molecule has 3 rings (SSSR count). The summed E-state index contributed by atoms with van der Waals surface area (Å²) in [5.74, 6) is 0. The summed E-state index contributed by atoms with van der Waals surface area (Å²) in [5, 5.41) is 3.45. The molecule has 0 spiro atoms. The van der Waals surface area contributed by atoms with Crippen LogP contribution in [0.2, 0.25) is 0 Å². The lowest BCUT2D eigenvalue weighted by atomic mass is 9.96. The molecule has 1 fully saturated rings. The molecule has 0 aliphatic carbocycles. The van der Waals surface area contributed by atoms with Crippen molar-refractivity contribution in [1.29, 1.82) is 0 Å². The lowest BCUT2D eigenvalue weighted by molar-refractivity contribution is -0.927. The molecule has 1 aliphatic heterocycles. The van der Waals surface area contributed by atoms with Crippen molar-refractivity contribution in [3.63, 3.8) is 0 Å². The second-order valence-electron chi connectivity index (χ2n) is 5.16. The van der Waals surface area contributed by atoms with Crippen LogP contribution in [0.3, 0.4) is 0 Å². The maximum absolute atomic E-state index is 3.45. The van der Waals surface area contributed by atoms with Gasteiger partial charge in [-0.3, -0.25) is 0 Å². The quantitative estimate of drug-likeness (QED) is 0.606. The van der Waals surface area contributed by atoms with Crippen molar-refractivity contribution < 1.29 is 28.9 Å². The minimum Gasteiger partial charge on any atom is -1.00 e. The van der Waals surface area contributed by atoms with Crippen LogP contribution in [-0.2, 0) is 0 Å². The van der Waals surface area contributed by atoms with Gasteiger partial charge in [-0.25, -0.2) is 0 Å². The van der Waals surface area contributed by atoms with Crippen molar-refractivity contribution in [1.82, 2.24) is 5.32 Å². The molecule has 2 aromatic carbocycles. The summed E-state index contributed by atoms with van der Waals surface area (Å²) in [4.78, 5) is 1.66. The van der Waals surface area contributed by atoms with Gasteiger partial charge in [0.25, 0.3) is 0 Å². The zero-order chi connectivity index (χ0) is 12.9. The molecule has 0 unspecified atom stereocenters. The number of quaternary nitrogens is 1. The van der Waals surface area contributed by atoms with Gasteiger partial charge in [-0.1, -0.05) is 60.7 Å². The van der Waals surface area contributed by atoms with E-state index in [0.717, 1.165) is 13.1 Å². The van der Waals surface area contributed by atoms with E-state index in [9.17, 15) is 0 Å². The first kappa shape index (κ1) is 15.5. The maximum Gasteiger partial charge on any atom is 0.139 e. The molecular formula is C17H21IN2. The first-order valence-corrected chi connectivity index (χ1v) is 7.10. The Morgan fingerprint density at radius 2 is 1.20 bits per heavy atom.